The molecule has 0 aliphatic carbocycles. The Kier molecular flexibility index (Phi) is 12.9. The van der Waals surface area contributed by atoms with Crippen molar-refractivity contribution in [1.82, 2.24) is 25.4 Å². The Morgan fingerprint density at radius 3 is 2.52 bits per heavy atom. The molecule has 0 bridgehead atoms. The fraction of sp³-hybridized carbons (Fsp3) is 0.625. The van der Waals surface area contributed by atoms with Crippen LogP contribution >= 0.6 is 11.3 Å². The van der Waals surface area contributed by atoms with Crippen molar-refractivity contribution in [3.63, 3.8) is 0 Å². The molecule has 1 aromatic heterocycles. The van der Waals surface area contributed by atoms with Crippen LogP contribution in [0.4, 0.5) is 0 Å². The van der Waals surface area contributed by atoms with Crippen LogP contribution in [-0.4, -0.2) is 82.9 Å². The number of likely N-dealkylation sites (tertiary alicyclic amines) is 1. The molecule has 10 heteroatoms. The molecule has 1 saturated heterocycles. The van der Waals surface area contributed by atoms with E-state index in [9.17, 15) is 19.5 Å². The molecule has 9 nitrogen and oxygen atoms in total. The van der Waals surface area contributed by atoms with Crippen LogP contribution in [0.15, 0.2) is 35.7 Å². The average Bonchev–Trinajstić information content (AvgIpc) is 3.49. The van der Waals surface area contributed by atoms with Crippen molar-refractivity contribution in [3.8, 4) is 0 Å². The van der Waals surface area contributed by atoms with E-state index in [1.807, 2.05) is 65.1 Å². The monoisotopic (exact) mass is 599 g/mol. The lowest BCUT2D eigenvalue weighted by molar-refractivity contribution is -0.141. The molecule has 3 amide bonds. The van der Waals surface area contributed by atoms with Crippen LogP contribution in [0.25, 0.3) is 0 Å². The van der Waals surface area contributed by atoms with Crippen LogP contribution in [0, 0.1) is 11.8 Å². The van der Waals surface area contributed by atoms with Crippen LogP contribution in [0.5, 0.6) is 0 Å². The maximum Gasteiger partial charge on any atom is 0.270 e. The summed E-state index contributed by atoms with van der Waals surface area (Å²) in [4.78, 5) is 47.9. The second kappa shape index (κ2) is 16.1. The number of amides is 3. The molecule has 3 rings (SSSR count). The fourth-order valence-electron chi connectivity index (χ4n) is 5.53. The SMILES string of the molecule is CCC(C)C(NC(=O)C1CCCCN1C)C(=O)N(C)C(CC(O)c1nc(C(=O)NCCc2ccccc2)cs1)C(C)C. The number of aliphatic hydroxyl groups is 1. The van der Waals surface area contributed by atoms with Gasteiger partial charge in [0.25, 0.3) is 5.91 Å². The van der Waals surface area contributed by atoms with E-state index in [4.69, 9.17) is 0 Å². The molecule has 2 aromatic rings. The number of hydrogen-bond donors (Lipinski definition) is 3. The van der Waals surface area contributed by atoms with E-state index in [0.29, 0.717) is 11.6 Å². The van der Waals surface area contributed by atoms with Crippen molar-refractivity contribution >= 4 is 29.1 Å². The first-order valence-electron chi connectivity index (χ1n) is 15.3. The van der Waals surface area contributed by atoms with Gasteiger partial charge in [0.1, 0.15) is 22.8 Å². The highest BCUT2D eigenvalue weighted by Gasteiger charge is 2.36. The number of hydrogen-bond acceptors (Lipinski definition) is 7. The molecule has 5 atom stereocenters. The highest BCUT2D eigenvalue weighted by molar-refractivity contribution is 7.09. The smallest absolute Gasteiger partial charge is 0.270 e. The first kappa shape index (κ1) is 33.7. The van der Waals surface area contributed by atoms with E-state index < -0.39 is 12.1 Å². The van der Waals surface area contributed by atoms with Crippen molar-refractivity contribution in [1.29, 1.82) is 0 Å². The normalized spacial score (nSPS) is 18.6. The molecule has 42 heavy (non-hydrogen) atoms. The van der Waals surface area contributed by atoms with E-state index in [1.165, 1.54) is 11.3 Å². The molecule has 232 valence electrons. The maximum atomic E-state index is 13.9. The number of thiazole rings is 1. The maximum absolute atomic E-state index is 13.9. The van der Waals surface area contributed by atoms with Crippen molar-refractivity contribution in [2.75, 3.05) is 27.2 Å². The number of benzene rings is 1. The quantitative estimate of drug-likeness (QED) is 0.302. The zero-order valence-corrected chi connectivity index (χ0v) is 26.8. The van der Waals surface area contributed by atoms with Gasteiger partial charge in [-0.3, -0.25) is 19.3 Å². The first-order valence-corrected chi connectivity index (χ1v) is 16.1. The highest BCUT2D eigenvalue weighted by atomic mass is 32.1. The summed E-state index contributed by atoms with van der Waals surface area (Å²) in [6.45, 7) is 9.41. The summed E-state index contributed by atoms with van der Waals surface area (Å²) in [5.74, 6) is -0.518. The molecular weight excluding hydrogens is 550 g/mol. The lowest BCUT2D eigenvalue weighted by Crippen LogP contribution is -2.58. The topological polar surface area (TPSA) is 115 Å². The van der Waals surface area contributed by atoms with Gasteiger partial charge in [0.05, 0.1) is 6.04 Å². The number of carbonyl (C=O) groups is 3. The van der Waals surface area contributed by atoms with Gasteiger partial charge >= 0.3 is 0 Å². The van der Waals surface area contributed by atoms with Crippen LogP contribution in [0.1, 0.15) is 87.0 Å². The van der Waals surface area contributed by atoms with Gasteiger partial charge in [0.15, 0.2) is 0 Å². The minimum Gasteiger partial charge on any atom is -0.386 e. The Hall–Kier alpha value is -2.82. The standard InChI is InChI=1S/C32H49N5O4S/c1-7-22(4)28(35-30(40)25-15-11-12-18-36(25)5)32(41)37(6)26(21(2)3)19-27(38)31-34-24(20-42-31)29(39)33-17-16-23-13-9-8-10-14-23/h8-10,13-14,20-22,25-28,38H,7,11-12,15-19H2,1-6H3,(H,33,39)(H,35,40). The third-order valence-corrected chi connectivity index (χ3v) is 9.46. The molecular formula is C32H49N5O4S. The van der Waals surface area contributed by atoms with Crippen molar-refractivity contribution in [3.05, 3.63) is 52.0 Å². The molecule has 3 N–H and O–H groups in total. The number of nitrogens with one attached hydrogen (secondary N) is 2. The second-order valence-corrected chi connectivity index (χ2v) is 12.8. The fourth-order valence-corrected chi connectivity index (χ4v) is 6.33. The zero-order valence-electron chi connectivity index (χ0n) is 26.0. The largest absolute Gasteiger partial charge is 0.386 e. The summed E-state index contributed by atoms with van der Waals surface area (Å²) in [7, 11) is 3.71. The summed E-state index contributed by atoms with van der Waals surface area (Å²) < 4.78 is 0. The van der Waals surface area contributed by atoms with Gasteiger partial charge in [-0.15, -0.1) is 11.3 Å². The Bertz CT molecular complexity index is 1160. The third kappa shape index (κ3) is 9.09. The molecule has 1 fully saturated rings. The molecule has 2 heterocycles. The predicted octanol–water partition coefficient (Wildman–Crippen LogP) is 4.04. The molecule has 0 saturated carbocycles. The number of piperidine rings is 1. The van der Waals surface area contributed by atoms with E-state index in [1.54, 1.807) is 17.3 Å². The lowest BCUT2D eigenvalue weighted by atomic mass is 9.92. The molecule has 1 aromatic carbocycles. The van der Waals surface area contributed by atoms with Gasteiger partial charge in [-0.25, -0.2) is 4.98 Å². The molecule has 1 aliphatic heterocycles. The van der Waals surface area contributed by atoms with Gasteiger partial charge in [-0.2, -0.15) is 0 Å². The average molecular weight is 600 g/mol. The van der Waals surface area contributed by atoms with Crippen LogP contribution < -0.4 is 10.6 Å². The van der Waals surface area contributed by atoms with Gasteiger partial charge in [0, 0.05) is 31.4 Å². The van der Waals surface area contributed by atoms with Gasteiger partial charge in [-0.05, 0) is 50.3 Å². The number of aromatic nitrogens is 1. The predicted molar refractivity (Wildman–Crippen MR) is 167 cm³/mol. The second-order valence-electron chi connectivity index (χ2n) is 11.9. The summed E-state index contributed by atoms with van der Waals surface area (Å²) in [5.41, 5.74) is 1.42. The summed E-state index contributed by atoms with van der Waals surface area (Å²) >= 11 is 1.24. The Morgan fingerprint density at radius 2 is 1.88 bits per heavy atom. The molecule has 5 unspecified atom stereocenters. The number of aliphatic hydroxyl groups excluding tert-OH is 1. The van der Waals surface area contributed by atoms with Gasteiger partial charge in [-0.1, -0.05) is 70.9 Å². The number of carbonyl (C=O) groups excluding carboxylic acids is 3. The Morgan fingerprint density at radius 1 is 1.17 bits per heavy atom. The highest BCUT2D eigenvalue weighted by Crippen LogP contribution is 2.28. The number of rotatable bonds is 14. The number of likely N-dealkylation sites (N-methyl/N-ethyl adjacent to an activating group) is 2. The van der Waals surface area contributed by atoms with Crippen LogP contribution in [0.2, 0.25) is 0 Å². The van der Waals surface area contributed by atoms with E-state index in [0.717, 1.165) is 44.2 Å². The van der Waals surface area contributed by atoms with Crippen molar-refractivity contribution < 1.29 is 19.5 Å². The zero-order chi connectivity index (χ0) is 30.8. The first-order chi connectivity index (χ1) is 20.0. The van der Waals surface area contributed by atoms with E-state index in [-0.39, 0.29) is 53.8 Å². The van der Waals surface area contributed by atoms with Gasteiger partial charge in [0.2, 0.25) is 11.8 Å². The lowest BCUT2D eigenvalue weighted by Gasteiger charge is -2.38. The summed E-state index contributed by atoms with van der Waals surface area (Å²) in [6.07, 6.45) is 3.68. The van der Waals surface area contributed by atoms with Crippen molar-refractivity contribution in [2.24, 2.45) is 11.8 Å². The Labute approximate surface area is 255 Å². The van der Waals surface area contributed by atoms with Crippen LogP contribution in [-0.2, 0) is 16.0 Å². The van der Waals surface area contributed by atoms with Crippen molar-refractivity contribution in [2.45, 2.75) is 90.4 Å². The molecule has 1 aliphatic rings. The van der Waals surface area contributed by atoms with Gasteiger partial charge < -0.3 is 20.6 Å². The minimum absolute atomic E-state index is 0.0440. The minimum atomic E-state index is -0.934. The van der Waals surface area contributed by atoms with E-state index in [2.05, 4.69) is 20.5 Å². The van der Waals surface area contributed by atoms with E-state index >= 15 is 0 Å². The molecule has 0 radical (unpaired) electrons. The Balaban J connectivity index is 1.63. The molecule has 0 spiro atoms. The summed E-state index contributed by atoms with van der Waals surface area (Å²) in [6, 6.07) is 8.78. The third-order valence-electron chi connectivity index (χ3n) is 8.51. The summed E-state index contributed by atoms with van der Waals surface area (Å²) in [5, 5.41) is 19.2. The number of nitrogens with zero attached hydrogens (tertiary/aromatic N) is 3. The van der Waals surface area contributed by atoms with Crippen LogP contribution in [0.3, 0.4) is 0 Å².